The molecule has 0 radical (unpaired) electrons. The first kappa shape index (κ1) is 12.5. The molecule has 0 amide bonds. The minimum Gasteiger partial charge on any atom is -0.339 e. The number of nitrogens with zero attached hydrogens (tertiary/aromatic N) is 2. The molecule has 2 aromatic rings. The molecule has 4 nitrogen and oxygen atoms in total. The second kappa shape index (κ2) is 4.67. The molecule has 5 heteroatoms. The molecule has 0 aliphatic heterocycles. The zero-order valence-corrected chi connectivity index (χ0v) is 12.3. The van der Waals surface area contributed by atoms with Gasteiger partial charge in [-0.05, 0) is 49.1 Å². The maximum atomic E-state index is 6.41. The van der Waals surface area contributed by atoms with Gasteiger partial charge < -0.3 is 10.3 Å². The minimum atomic E-state index is -0.353. The fourth-order valence-electron chi connectivity index (χ4n) is 3.55. The molecule has 0 aromatic carbocycles. The summed E-state index contributed by atoms with van der Waals surface area (Å²) < 4.78 is 5.57. The number of thiophene rings is 1. The van der Waals surface area contributed by atoms with Crippen molar-refractivity contribution in [2.45, 2.75) is 56.4 Å². The number of hydrogen-bond acceptors (Lipinski definition) is 5. The van der Waals surface area contributed by atoms with Gasteiger partial charge in [0.1, 0.15) is 0 Å². The first-order valence-electron chi connectivity index (χ1n) is 7.45. The molecule has 2 heterocycles. The molecule has 0 saturated heterocycles. The highest BCUT2D eigenvalue weighted by molar-refractivity contribution is 7.10. The fourth-order valence-corrected chi connectivity index (χ4v) is 4.54. The van der Waals surface area contributed by atoms with Gasteiger partial charge in [0.2, 0.25) is 5.89 Å². The first-order chi connectivity index (χ1) is 9.76. The number of nitrogens with two attached hydrogens (primary N) is 1. The largest absolute Gasteiger partial charge is 0.339 e. The molecule has 2 aliphatic carbocycles. The van der Waals surface area contributed by atoms with Crippen LogP contribution in [0.25, 0.3) is 0 Å². The highest BCUT2D eigenvalue weighted by atomic mass is 32.1. The van der Waals surface area contributed by atoms with Gasteiger partial charge in [-0.25, -0.2) is 0 Å². The third-order valence-corrected chi connectivity index (χ3v) is 5.73. The Hall–Kier alpha value is -1.20. The summed E-state index contributed by atoms with van der Waals surface area (Å²) in [6.45, 7) is 0. The Morgan fingerprint density at radius 1 is 1.30 bits per heavy atom. The molecule has 2 aromatic heterocycles. The van der Waals surface area contributed by atoms with E-state index in [1.54, 1.807) is 0 Å². The lowest BCUT2D eigenvalue weighted by Crippen LogP contribution is -2.34. The van der Waals surface area contributed by atoms with Crippen LogP contribution in [0, 0.1) is 0 Å². The van der Waals surface area contributed by atoms with Crippen LogP contribution in [0.5, 0.6) is 0 Å². The number of rotatable bonds is 2. The molecule has 4 rings (SSSR count). The molecule has 0 bridgehead atoms. The number of fused-ring (bicyclic) bond motifs is 1. The zero-order chi connectivity index (χ0) is 13.6. The quantitative estimate of drug-likeness (QED) is 0.921. The molecule has 1 fully saturated rings. The molecular formula is C15H19N3OS. The van der Waals surface area contributed by atoms with Crippen LogP contribution < -0.4 is 5.73 Å². The number of aromatic nitrogens is 2. The van der Waals surface area contributed by atoms with Crippen LogP contribution in [-0.2, 0) is 12.0 Å². The Morgan fingerprint density at radius 3 is 3.00 bits per heavy atom. The molecule has 1 saturated carbocycles. The lowest BCUT2D eigenvalue weighted by Gasteiger charge is -2.19. The Kier molecular flexibility index (Phi) is 2.93. The fraction of sp³-hybridized carbons (Fsp3) is 0.600. The predicted molar refractivity (Wildman–Crippen MR) is 77.7 cm³/mol. The Morgan fingerprint density at radius 2 is 2.15 bits per heavy atom. The van der Waals surface area contributed by atoms with Crippen LogP contribution in [0.1, 0.15) is 66.6 Å². The first-order valence-corrected chi connectivity index (χ1v) is 8.33. The van der Waals surface area contributed by atoms with E-state index in [-0.39, 0.29) is 11.5 Å². The molecule has 2 aliphatic rings. The monoisotopic (exact) mass is 289 g/mol. The van der Waals surface area contributed by atoms with E-state index in [1.165, 1.54) is 36.1 Å². The molecule has 1 atom stereocenters. The SMILES string of the molecule is NC1(c2noc(C3CCCc4sccc43)n2)CCCC1. The van der Waals surface area contributed by atoms with Crippen molar-refractivity contribution in [1.82, 2.24) is 10.1 Å². The van der Waals surface area contributed by atoms with E-state index in [0.29, 0.717) is 5.82 Å². The summed E-state index contributed by atoms with van der Waals surface area (Å²) in [5.74, 6) is 1.75. The van der Waals surface area contributed by atoms with Crippen molar-refractivity contribution in [3.05, 3.63) is 33.6 Å². The molecule has 20 heavy (non-hydrogen) atoms. The van der Waals surface area contributed by atoms with E-state index in [9.17, 15) is 0 Å². The van der Waals surface area contributed by atoms with Crippen LogP contribution in [0.3, 0.4) is 0 Å². The van der Waals surface area contributed by atoms with Crippen molar-refractivity contribution in [2.24, 2.45) is 5.73 Å². The highest BCUT2D eigenvalue weighted by Gasteiger charge is 2.37. The van der Waals surface area contributed by atoms with E-state index in [4.69, 9.17) is 10.3 Å². The van der Waals surface area contributed by atoms with Gasteiger partial charge in [0, 0.05) is 4.88 Å². The predicted octanol–water partition coefficient (Wildman–Crippen LogP) is 3.33. The maximum absolute atomic E-state index is 6.41. The molecule has 106 valence electrons. The van der Waals surface area contributed by atoms with E-state index >= 15 is 0 Å². The molecule has 0 spiro atoms. The van der Waals surface area contributed by atoms with Crippen LogP contribution in [0.4, 0.5) is 0 Å². The third-order valence-electron chi connectivity index (χ3n) is 4.73. The molecular weight excluding hydrogens is 270 g/mol. The summed E-state index contributed by atoms with van der Waals surface area (Å²) in [5, 5.41) is 6.36. The zero-order valence-electron chi connectivity index (χ0n) is 11.5. The number of hydrogen-bond donors (Lipinski definition) is 1. The van der Waals surface area contributed by atoms with Gasteiger partial charge in [-0.2, -0.15) is 4.98 Å². The van der Waals surface area contributed by atoms with E-state index in [1.807, 2.05) is 11.3 Å². The maximum Gasteiger partial charge on any atom is 0.234 e. The van der Waals surface area contributed by atoms with Crippen molar-refractivity contribution in [3.63, 3.8) is 0 Å². The van der Waals surface area contributed by atoms with E-state index in [2.05, 4.69) is 21.6 Å². The lowest BCUT2D eigenvalue weighted by molar-refractivity contribution is 0.335. The standard InChI is InChI=1S/C15H19N3OS/c16-15(7-1-2-8-15)14-17-13(19-18-14)11-4-3-5-12-10(11)6-9-20-12/h6,9,11H,1-5,7-8,16H2. The summed E-state index contributed by atoms with van der Waals surface area (Å²) in [6, 6.07) is 2.21. The lowest BCUT2D eigenvalue weighted by atomic mass is 9.87. The van der Waals surface area contributed by atoms with Crippen molar-refractivity contribution in [2.75, 3.05) is 0 Å². The van der Waals surface area contributed by atoms with Gasteiger partial charge in [-0.3, -0.25) is 0 Å². The highest BCUT2D eigenvalue weighted by Crippen LogP contribution is 2.40. The molecule has 2 N–H and O–H groups in total. The van der Waals surface area contributed by atoms with Gasteiger partial charge >= 0.3 is 0 Å². The Balaban J connectivity index is 1.66. The van der Waals surface area contributed by atoms with Gasteiger partial charge in [-0.15, -0.1) is 11.3 Å². The van der Waals surface area contributed by atoms with Gasteiger partial charge in [-0.1, -0.05) is 18.0 Å². The van der Waals surface area contributed by atoms with Gasteiger partial charge in [0.05, 0.1) is 11.5 Å². The summed E-state index contributed by atoms with van der Waals surface area (Å²) in [5.41, 5.74) is 7.44. The van der Waals surface area contributed by atoms with Gasteiger partial charge in [0.15, 0.2) is 5.82 Å². The average molecular weight is 289 g/mol. The normalized spacial score (nSPS) is 24.8. The van der Waals surface area contributed by atoms with Crippen LogP contribution >= 0.6 is 11.3 Å². The number of aryl methyl sites for hydroxylation is 1. The summed E-state index contributed by atoms with van der Waals surface area (Å²) in [4.78, 5) is 6.14. The van der Waals surface area contributed by atoms with Crippen molar-refractivity contribution >= 4 is 11.3 Å². The second-order valence-corrected chi connectivity index (χ2v) is 7.06. The summed E-state index contributed by atoms with van der Waals surface area (Å²) in [6.07, 6.45) is 7.76. The topological polar surface area (TPSA) is 64.9 Å². The van der Waals surface area contributed by atoms with Crippen molar-refractivity contribution in [3.8, 4) is 0 Å². The second-order valence-electron chi connectivity index (χ2n) is 6.06. The Labute approximate surface area is 122 Å². The Bertz CT molecular complexity index is 612. The average Bonchev–Trinajstić information content (AvgIpc) is 3.18. The van der Waals surface area contributed by atoms with Crippen LogP contribution in [-0.4, -0.2) is 10.1 Å². The third kappa shape index (κ3) is 1.91. The molecule has 1 unspecified atom stereocenters. The van der Waals surface area contributed by atoms with Crippen molar-refractivity contribution in [1.29, 1.82) is 0 Å². The van der Waals surface area contributed by atoms with Crippen molar-refractivity contribution < 1.29 is 4.52 Å². The van der Waals surface area contributed by atoms with E-state index < -0.39 is 0 Å². The summed E-state index contributed by atoms with van der Waals surface area (Å²) in [7, 11) is 0. The summed E-state index contributed by atoms with van der Waals surface area (Å²) >= 11 is 1.84. The van der Waals surface area contributed by atoms with Crippen LogP contribution in [0.15, 0.2) is 16.0 Å². The van der Waals surface area contributed by atoms with E-state index in [0.717, 1.165) is 25.2 Å². The minimum absolute atomic E-state index is 0.274. The van der Waals surface area contributed by atoms with Gasteiger partial charge in [0.25, 0.3) is 0 Å². The van der Waals surface area contributed by atoms with Crippen LogP contribution in [0.2, 0.25) is 0 Å². The smallest absolute Gasteiger partial charge is 0.234 e.